The summed E-state index contributed by atoms with van der Waals surface area (Å²) < 4.78 is 19.5. The maximum atomic E-state index is 14.2. The van der Waals surface area contributed by atoms with Crippen LogP contribution in [0.2, 0.25) is 0 Å². The van der Waals surface area contributed by atoms with E-state index in [1.54, 1.807) is 18.2 Å². The van der Waals surface area contributed by atoms with Crippen molar-refractivity contribution in [3.05, 3.63) is 35.6 Å². The van der Waals surface area contributed by atoms with Crippen LogP contribution in [0.5, 0.6) is 0 Å². The van der Waals surface area contributed by atoms with Crippen molar-refractivity contribution in [1.29, 1.82) is 0 Å². The SMILES string of the molecule is O=C(NCC1CNC1)C(c1ccccc1F)N1CCOCC1. The Kier molecular flexibility index (Phi) is 5.02. The van der Waals surface area contributed by atoms with Gasteiger partial charge in [0.2, 0.25) is 5.91 Å². The quantitative estimate of drug-likeness (QED) is 0.833. The highest BCUT2D eigenvalue weighted by molar-refractivity contribution is 5.83. The molecule has 2 heterocycles. The molecule has 2 saturated heterocycles. The van der Waals surface area contributed by atoms with Crippen molar-refractivity contribution in [3.8, 4) is 0 Å². The Labute approximate surface area is 129 Å². The maximum absolute atomic E-state index is 14.2. The molecule has 5 nitrogen and oxygen atoms in total. The van der Waals surface area contributed by atoms with Gasteiger partial charge in [0.15, 0.2) is 0 Å². The minimum atomic E-state index is -0.585. The molecule has 1 aromatic carbocycles. The van der Waals surface area contributed by atoms with Crippen molar-refractivity contribution in [3.63, 3.8) is 0 Å². The van der Waals surface area contributed by atoms with Crippen LogP contribution in [0.3, 0.4) is 0 Å². The van der Waals surface area contributed by atoms with Crippen LogP contribution < -0.4 is 10.6 Å². The van der Waals surface area contributed by atoms with E-state index in [1.807, 2.05) is 4.90 Å². The van der Waals surface area contributed by atoms with Crippen LogP contribution >= 0.6 is 0 Å². The molecular weight excluding hydrogens is 285 g/mol. The lowest BCUT2D eigenvalue weighted by atomic mass is 10.0. The molecule has 0 aliphatic carbocycles. The number of carbonyl (C=O) groups is 1. The Balaban J connectivity index is 1.75. The second kappa shape index (κ2) is 7.17. The molecule has 2 fully saturated rings. The fraction of sp³-hybridized carbons (Fsp3) is 0.562. The van der Waals surface area contributed by atoms with E-state index in [1.165, 1.54) is 6.07 Å². The summed E-state index contributed by atoms with van der Waals surface area (Å²) >= 11 is 0. The molecule has 0 radical (unpaired) electrons. The Morgan fingerprint density at radius 3 is 2.73 bits per heavy atom. The molecule has 2 aliphatic rings. The number of benzene rings is 1. The van der Waals surface area contributed by atoms with Gasteiger partial charge in [0, 0.05) is 44.2 Å². The number of ether oxygens (including phenoxy) is 1. The number of nitrogens with one attached hydrogen (secondary N) is 2. The third kappa shape index (κ3) is 3.45. The first kappa shape index (κ1) is 15.4. The van der Waals surface area contributed by atoms with Crippen LogP contribution in [0.25, 0.3) is 0 Å². The maximum Gasteiger partial charge on any atom is 0.242 e. The van der Waals surface area contributed by atoms with Gasteiger partial charge >= 0.3 is 0 Å². The van der Waals surface area contributed by atoms with E-state index in [-0.39, 0.29) is 11.7 Å². The summed E-state index contributed by atoms with van der Waals surface area (Å²) in [5, 5.41) is 6.16. The summed E-state index contributed by atoms with van der Waals surface area (Å²) in [5.74, 6) is 0.0215. The summed E-state index contributed by atoms with van der Waals surface area (Å²) in [6, 6.07) is 5.94. The highest BCUT2D eigenvalue weighted by Crippen LogP contribution is 2.24. The molecule has 0 spiro atoms. The lowest BCUT2D eigenvalue weighted by Crippen LogP contribution is -2.51. The number of hydrogen-bond donors (Lipinski definition) is 2. The van der Waals surface area contributed by atoms with Gasteiger partial charge in [-0.2, -0.15) is 0 Å². The summed E-state index contributed by atoms with van der Waals surface area (Å²) in [4.78, 5) is 14.7. The molecule has 0 bridgehead atoms. The Hall–Kier alpha value is -1.50. The number of halogens is 1. The molecule has 22 heavy (non-hydrogen) atoms. The Bertz CT molecular complexity index is 516. The predicted octanol–water partition coefficient (Wildman–Crippen LogP) is 0.535. The molecule has 120 valence electrons. The third-order valence-electron chi connectivity index (χ3n) is 4.29. The molecule has 1 amide bonds. The molecule has 1 unspecified atom stereocenters. The summed E-state index contributed by atoms with van der Waals surface area (Å²) in [7, 11) is 0. The van der Waals surface area contributed by atoms with Gasteiger partial charge in [-0.25, -0.2) is 4.39 Å². The van der Waals surface area contributed by atoms with Crippen molar-refractivity contribution in [2.24, 2.45) is 5.92 Å². The number of nitrogens with zero attached hydrogens (tertiary/aromatic N) is 1. The van der Waals surface area contributed by atoms with Crippen LogP contribution in [-0.4, -0.2) is 56.7 Å². The van der Waals surface area contributed by atoms with Crippen LogP contribution in [0, 0.1) is 11.7 Å². The molecule has 6 heteroatoms. The number of carbonyl (C=O) groups excluding carboxylic acids is 1. The first-order valence-electron chi connectivity index (χ1n) is 7.80. The van der Waals surface area contributed by atoms with E-state index < -0.39 is 6.04 Å². The van der Waals surface area contributed by atoms with Gasteiger partial charge < -0.3 is 15.4 Å². The van der Waals surface area contributed by atoms with E-state index in [0.29, 0.717) is 44.3 Å². The van der Waals surface area contributed by atoms with E-state index >= 15 is 0 Å². The second-order valence-electron chi connectivity index (χ2n) is 5.84. The highest BCUT2D eigenvalue weighted by Gasteiger charge is 2.31. The fourth-order valence-electron chi connectivity index (χ4n) is 2.87. The summed E-state index contributed by atoms with van der Waals surface area (Å²) in [6.45, 7) is 4.93. The molecule has 3 rings (SSSR count). The fourth-order valence-corrected chi connectivity index (χ4v) is 2.87. The monoisotopic (exact) mass is 307 g/mol. The zero-order valence-corrected chi connectivity index (χ0v) is 12.6. The van der Waals surface area contributed by atoms with Crippen LogP contribution in [0.15, 0.2) is 24.3 Å². The van der Waals surface area contributed by atoms with E-state index in [4.69, 9.17) is 4.74 Å². The standard InChI is InChI=1S/C16H22FN3O2/c17-14-4-2-1-3-13(14)15(20-5-7-22-8-6-20)16(21)19-11-12-9-18-10-12/h1-4,12,15,18H,5-11H2,(H,19,21). The molecular formula is C16H22FN3O2. The van der Waals surface area contributed by atoms with Gasteiger partial charge in [-0.05, 0) is 6.07 Å². The lowest BCUT2D eigenvalue weighted by molar-refractivity contribution is -0.128. The molecule has 0 saturated carbocycles. The molecule has 2 aliphatic heterocycles. The number of amides is 1. The lowest BCUT2D eigenvalue weighted by Gasteiger charge is -2.35. The van der Waals surface area contributed by atoms with E-state index in [9.17, 15) is 9.18 Å². The van der Waals surface area contributed by atoms with Crippen molar-refractivity contribution in [1.82, 2.24) is 15.5 Å². The molecule has 2 N–H and O–H groups in total. The predicted molar refractivity (Wildman–Crippen MR) is 80.9 cm³/mol. The first-order valence-corrected chi connectivity index (χ1v) is 7.80. The summed E-state index contributed by atoms with van der Waals surface area (Å²) in [6.07, 6.45) is 0. The average molecular weight is 307 g/mol. The van der Waals surface area contributed by atoms with Gasteiger partial charge in [-0.15, -0.1) is 0 Å². The van der Waals surface area contributed by atoms with Gasteiger partial charge in [0.1, 0.15) is 11.9 Å². The first-order chi connectivity index (χ1) is 10.8. The molecule has 1 atom stereocenters. The van der Waals surface area contributed by atoms with Gasteiger partial charge in [-0.1, -0.05) is 18.2 Å². The normalized spacial score (nSPS) is 21.1. The van der Waals surface area contributed by atoms with Crippen LogP contribution in [-0.2, 0) is 9.53 Å². The third-order valence-corrected chi connectivity index (χ3v) is 4.29. The van der Waals surface area contributed by atoms with Crippen molar-refractivity contribution in [2.75, 3.05) is 45.9 Å². The van der Waals surface area contributed by atoms with Crippen LogP contribution in [0.1, 0.15) is 11.6 Å². The minimum absolute atomic E-state index is 0.126. The van der Waals surface area contributed by atoms with Gasteiger partial charge in [0.05, 0.1) is 13.2 Å². The number of rotatable bonds is 5. The highest BCUT2D eigenvalue weighted by atomic mass is 19.1. The van der Waals surface area contributed by atoms with E-state index in [2.05, 4.69) is 10.6 Å². The van der Waals surface area contributed by atoms with Crippen molar-refractivity contribution < 1.29 is 13.9 Å². The zero-order valence-electron chi connectivity index (χ0n) is 12.6. The average Bonchev–Trinajstić information content (AvgIpc) is 2.49. The van der Waals surface area contributed by atoms with Crippen molar-refractivity contribution in [2.45, 2.75) is 6.04 Å². The Morgan fingerprint density at radius 1 is 1.36 bits per heavy atom. The number of morpholine rings is 1. The van der Waals surface area contributed by atoms with Crippen molar-refractivity contribution >= 4 is 5.91 Å². The summed E-state index contributed by atoms with van der Waals surface area (Å²) in [5.41, 5.74) is 0.439. The van der Waals surface area contributed by atoms with Gasteiger partial charge in [-0.3, -0.25) is 9.69 Å². The number of hydrogen-bond acceptors (Lipinski definition) is 4. The van der Waals surface area contributed by atoms with Crippen LogP contribution in [0.4, 0.5) is 4.39 Å². The molecule has 0 aromatic heterocycles. The topological polar surface area (TPSA) is 53.6 Å². The molecule has 1 aromatic rings. The smallest absolute Gasteiger partial charge is 0.242 e. The minimum Gasteiger partial charge on any atom is -0.379 e. The second-order valence-corrected chi connectivity index (χ2v) is 5.84. The largest absolute Gasteiger partial charge is 0.379 e. The Morgan fingerprint density at radius 2 is 2.09 bits per heavy atom. The van der Waals surface area contributed by atoms with Gasteiger partial charge in [0.25, 0.3) is 0 Å². The van der Waals surface area contributed by atoms with E-state index in [0.717, 1.165) is 13.1 Å². The zero-order chi connectivity index (χ0) is 15.4.